The van der Waals surface area contributed by atoms with Crippen LogP contribution in [0.25, 0.3) is 0 Å². The highest BCUT2D eigenvalue weighted by Crippen LogP contribution is 2.45. The van der Waals surface area contributed by atoms with E-state index in [9.17, 15) is 18.0 Å². The first-order valence-electron chi connectivity index (χ1n) is 11.9. The first-order valence-corrected chi connectivity index (χ1v) is 13.5. The minimum Gasteiger partial charge on any atom is -0.444 e. The zero-order valence-corrected chi connectivity index (χ0v) is 22.3. The van der Waals surface area contributed by atoms with Crippen LogP contribution >= 0.6 is 0 Å². The van der Waals surface area contributed by atoms with E-state index in [1.807, 2.05) is 41.5 Å². The zero-order chi connectivity index (χ0) is 26.1. The Kier molecular flexibility index (Phi) is 7.59. The number of hydrogen-bond acceptors (Lipinski definition) is 6. The number of ether oxygens (including phenoxy) is 1. The van der Waals surface area contributed by atoms with Crippen LogP contribution in [-0.4, -0.2) is 41.7 Å². The number of hydrogen-bond donors (Lipinski definition) is 1. The quantitative estimate of drug-likeness (QED) is 0.609. The van der Waals surface area contributed by atoms with Crippen molar-refractivity contribution in [3.63, 3.8) is 0 Å². The Hall–Kier alpha value is -2.94. The molecule has 2 aromatic rings. The lowest BCUT2D eigenvalue weighted by Gasteiger charge is -2.33. The van der Waals surface area contributed by atoms with Crippen molar-refractivity contribution in [1.29, 1.82) is 0 Å². The highest BCUT2D eigenvalue weighted by molar-refractivity contribution is 7.91. The number of nitrogens with one attached hydrogen (secondary N) is 1. The molecule has 0 saturated heterocycles. The summed E-state index contributed by atoms with van der Waals surface area (Å²) in [6.45, 7) is 13.3. The van der Waals surface area contributed by atoms with Crippen LogP contribution in [0.2, 0.25) is 0 Å². The SMILES string of the molecule is CCS(=O)(=O)c1ccc(CNC(=O)c2cnc3c(c2)C(C)N(C(=O)OC(C)(C)C)[C@H]3C(C)C)cc1. The van der Waals surface area contributed by atoms with Gasteiger partial charge in [0.05, 0.1) is 34.0 Å². The van der Waals surface area contributed by atoms with Gasteiger partial charge in [-0.25, -0.2) is 13.2 Å². The van der Waals surface area contributed by atoms with Crippen molar-refractivity contribution in [2.24, 2.45) is 5.92 Å². The topological polar surface area (TPSA) is 106 Å². The average molecular weight is 502 g/mol. The molecule has 1 aromatic carbocycles. The van der Waals surface area contributed by atoms with Gasteiger partial charge in [-0.1, -0.05) is 32.9 Å². The molecule has 3 rings (SSSR count). The predicted octanol–water partition coefficient (Wildman–Crippen LogP) is 4.81. The molecule has 0 radical (unpaired) electrons. The van der Waals surface area contributed by atoms with Crippen molar-refractivity contribution >= 4 is 21.8 Å². The molecule has 1 aromatic heterocycles. The van der Waals surface area contributed by atoms with Gasteiger partial charge in [-0.15, -0.1) is 0 Å². The van der Waals surface area contributed by atoms with Crippen molar-refractivity contribution in [2.45, 2.75) is 77.6 Å². The van der Waals surface area contributed by atoms with Gasteiger partial charge in [0.2, 0.25) is 0 Å². The Labute approximate surface area is 208 Å². The van der Waals surface area contributed by atoms with Crippen LogP contribution in [0.1, 0.15) is 87.7 Å². The second-order valence-electron chi connectivity index (χ2n) is 10.2. The second kappa shape index (κ2) is 9.97. The van der Waals surface area contributed by atoms with Crippen LogP contribution in [0.4, 0.5) is 4.79 Å². The summed E-state index contributed by atoms with van der Waals surface area (Å²) in [4.78, 5) is 32.4. The molecule has 1 unspecified atom stereocenters. The van der Waals surface area contributed by atoms with Gasteiger partial charge in [0, 0.05) is 12.7 Å². The number of aromatic nitrogens is 1. The molecule has 0 saturated carbocycles. The molecule has 0 aliphatic carbocycles. The molecule has 0 bridgehead atoms. The van der Waals surface area contributed by atoms with Crippen molar-refractivity contribution in [3.8, 4) is 0 Å². The molecule has 35 heavy (non-hydrogen) atoms. The Bertz CT molecular complexity index is 1200. The highest BCUT2D eigenvalue weighted by Gasteiger charge is 2.43. The number of fused-ring (bicyclic) bond motifs is 1. The fourth-order valence-electron chi connectivity index (χ4n) is 4.21. The molecule has 9 heteroatoms. The van der Waals surface area contributed by atoms with Gasteiger partial charge < -0.3 is 10.1 Å². The molecule has 2 heterocycles. The molecule has 1 N–H and O–H groups in total. The number of rotatable bonds is 6. The third-order valence-corrected chi connectivity index (χ3v) is 7.76. The largest absolute Gasteiger partial charge is 0.444 e. The number of nitrogens with zero attached hydrogens (tertiary/aromatic N) is 2. The number of pyridine rings is 1. The van der Waals surface area contributed by atoms with Gasteiger partial charge in [0.1, 0.15) is 5.60 Å². The summed E-state index contributed by atoms with van der Waals surface area (Å²) in [7, 11) is -3.26. The van der Waals surface area contributed by atoms with Crippen LogP contribution in [0.5, 0.6) is 0 Å². The molecular weight excluding hydrogens is 466 g/mol. The highest BCUT2D eigenvalue weighted by atomic mass is 32.2. The third kappa shape index (κ3) is 5.83. The Balaban J connectivity index is 1.77. The fraction of sp³-hybridized carbons (Fsp3) is 0.500. The Morgan fingerprint density at radius 3 is 2.34 bits per heavy atom. The van der Waals surface area contributed by atoms with Crippen molar-refractivity contribution in [3.05, 3.63) is 58.9 Å². The zero-order valence-electron chi connectivity index (χ0n) is 21.5. The normalized spacial score (nSPS) is 17.9. The smallest absolute Gasteiger partial charge is 0.411 e. The second-order valence-corrected chi connectivity index (χ2v) is 12.5. The number of carbonyl (C=O) groups is 2. The van der Waals surface area contributed by atoms with Crippen LogP contribution in [0.15, 0.2) is 41.4 Å². The van der Waals surface area contributed by atoms with Gasteiger partial charge in [-0.05, 0) is 62.9 Å². The van der Waals surface area contributed by atoms with Gasteiger partial charge in [-0.3, -0.25) is 14.7 Å². The molecule has 1 aliphatic rings. The summed E-state index contributed by atoms with van der Waals surface area (Å²) < 4.78 is 29.6. The van der Waals surface area contributed by atoms with E-state index >= 15 is 0 Å². The minimum atomic E-state index is -3.26. The molecule has 190 valence electrons. The molecule has 0 spiro atoms. The maximum atomic E-state index is 13.0. The number of benzene rings is 1. The monoisotopic (exact) mass is 501 g/mol. The summed E-state index contributed by atoms with van der Waals surface area (Å²) in [5, 5.41) is 2.86. The lowest BCUT2D eigenvalue weighted by molar-refractivity contribution is 0.00536. The van der Waals surface area contributed by atoms with Gasteiger partial charge in [-0.2, -0.15) is 0 Å². The van der Waals surface area contributed by atoms with Gasteiger partial charge >= 0.3 is 6.09 Å². The molecule has 2 atom stereocenters. The van der Waals surface area contributed by atoms with Crippen LogP contribution in [0, 0.1) is 5.92 Å². The van der Waals surface area contributed by atoms with Crippen molar-refractivity contribution < 1.29 is 22.7 Å². The van der Waals surface area contributed by atoms with Crippen LogP contribution in [-0.2, 0) is 21.1 Å². The maximum absolute atomic E-state index is 13.0. The summed E-state index contributed by atoms with van der Waals surface area (Å²) in [5.41, 5.74) is 2.17. The van der Waals surface area contributed by atoms with E-state index in [1.165, 1.54) is 6.20 Å². The molecule has 0 fully saturated rings. The number of sulfone groups is 1. The number of amides is 2. The lowest BCUT2D eigenvalue weighted by Crippen LogP contribution is -2.38. The van der Waals surface area contributed by atoms with Crippen LogP contribution in [0.3, 0.4) is 0 Å². The molecule has 2 amide bonds. The summed E-state index contributed by atoms with van der Waals surface area (Å²) in [5.74, 6) is -0.150. The maximum Gasteiger partial charge on any atom is 0.411 e. The van der Waals surface area contributed by atoms with E-state index in [0.717, 1.165) is 16.8 Å². The van der Waals surface area contributed by atoms with E-state index < -0.39 is 21.5 Å². The molecule has 8 nitrogen and oxygen atoms in total. The Morgan fingerprint density at radius 2 is 1.80 bits per heavy atom. The van der Waals surface area contributed by atoms with Crippen LogP contribution < -0.4 is 5.32 Å². The predicted molar refractivity (Wildman–Crippen MR) is 134 cm³/mol. The van der Waals surface area contributed by atoms with E-state index in [2.05, 4.69) is 10.3 Å². The first kappa shape index (κ1) is 26.7. The lowest BCUT2D eigenvalue weighted by atomic mass is 9.99. The van der Waals surface area contributed by atoms with Gasteiger partial charge in [0.15, 0.2) is 9.84 Å². The standard InChI is InChI=1S/C26H35N3O5S/c1-8-35(32,33)20-11-9-18(10-12-20)14-28-24(30)19-13-21-17(4)29(25(31)34-26(5,6)7)23(16(2)3)22(21)27-15-19/h9-13,15-17,23H,8,14H2,1-7H3,(H,28,30)/t17?,23-/m0/s1. The minimum absolute atomic E-state index is 0.0376. The average Bonchev–Trinajstić information content (AvgIpc) is 3.09. The summed E-state index contributed by atoms with van der Waals surface area (Å²) in [6.07, 6.45) is 1.13. The fourth-order valence-corrected chi connectivity index (χ4v) is 5.09. The summed E-state index contributed by atoms with van der Waals surface area (Å²) in [6, 6.07) is 7.74. The van der Waals surface area contributed by atoms with Gasteiger partial charge in [0.25, 0.3) is 5.91 Å². The molecule has 1 aliphatic heterocycles. The summed E-state index contributed by atoms with van der Waals surface area (Å²) >= 11 is 0. The van der Waals surface area contributed by atoms with Crippen molar-refractivity contribution in [2.75, 3.05) is 5.75 Å². The van der Waals surface area contributed by atoms with E-state index in [-0.39, 0.29) is 41.1 Å². The first-order chi connectivity index (χ1) is 16.2. The van der Waals surface area contributed by atoms with E-state index in [0.29, 0.717) is 5.56 Å². The van der Waals surface area contributed by atoms with E-state index in [4.69, 9.17) is 4.74 Å². The Morgan fingerprint density at radius 1 is 1.17 bits per heavy atom. The molecular formula is C26H35N3O5S. The van der Waals surface area contributed by atoms with Crippen molar-refractivity contribution in [1.82, 2.24) is 15.2 Å². The third-order valence-electron chi connectivity index (χ3n) is 6.01. The number of carbonyl (C=O) groups excluding carboxylic acids is 2. The van der Waals surface area contributed by atoms with E-state index in [1.54, 1.807) is 42.2 Å².